The number of fused-ring (bicyclic) bond motifs is 1. The zero-order valence-corrected chi connectivity index (χ0v) is 15.6. The van der Waals surface area contributed by atoms with Crippen molar-refractivity contribution in [2.75, 3.05) is 25.0 Å². The molecule has 2 aromatic carbocycles. The molecule has 0 spiro atoms. The van der Waals surface area contributed by atoms with Crippen molar-refractivity contribution in [3.8, 4) is 0 Å². The van der Waals surface area contributed by atoms with Gasteiger partial charge in [-0.05, 0) is 48.8 Å². The third-order valence-corrected chi connectivity index (χ3v) is 6.04. The van der Waals surface area contributed by atoms with Crippen molar-refractivity contribution >= 4 is 11.6 Å². The summed E-state index contributed by atoms with van der Waals surface area (Å²) in [6, 6.07) is 16.5. The molecule has 5 rings (SSSR count). The smallest absolute Gasteiger partial charge is 0.256 e. The molecule has 2 aromatic rings. The Bertz CT molecular complexity index is 832. The molecule has 1 saturated carbocycles. The molecule has 3 aliphatic rings. The Balaban J connectivity index is 1.43. The van der Waals surface area contributed by atoms with Crippen molar-refractivity contribution in [1.82, 2.24) is 4.90 Å². The first-order chi connectivity index (χ1) is 13.3. The molecule has 2 aliphatic heterocycles. The fourth-order valence-corrected chi connectivity index (χ4v) is 4.39. The fraction of sp³-hybridized carbons (Fsp3) is 0.435. The molecule has 0 radical (unpaired) electrons. The van der Waals surface area contributed by atoms with Crippen LogP contribution >= 0.6 is 0 Å². The van der Waals surface area contributed by atoms with E-state index in [1.165, 1.54) is 18.4 Å². The number of nitrogens with one attached hydrogen (secondary N) is 1. The second-order valence-electron chi connectivity index (χ2n) is 7.99. The van der Waals surface area contributed by atoms with Gasteiger partial charge in [0.15, 0.2) is 0 Å². The molecule has 1 saturated heterocycles. The van der Waals surface area contributed by atoms with Gasteiger partial charge >= 0.3 is 0 Å². The highest BCUT2D eigenvalue weighted by molar-refractivity contribution is 6.00. The lowest BCUT2D eigenvalue weighted by atomic mass is 9.98. The second-order valence-corrected chi connectivity index (χ2v) is 7.99. The summed E-state index contributed by atoms with van der Waals surface area (Å²) < 4.78 is 6.42. The Kier molecular flexibility index (Phi) is 4.36. The number of aryl methyl sites for hydroxylation is 1. The first-order valence-electron chi connectivity index (χ1n) is 10.1. The number of amides is 1. The Morgan fingerprint density at radius 3 is 2.70 bits per heavy atom. The largest absolute Gasteiger partial charge is 0.384 e. The number of hydrogen-bond donors (Lipinski definition) is 1. The van der Waals surface area contributed by atoms with Gasteiger partial charge in [0.25, 0.3) is 5.91 Å². The average Bonchev–Trinajstić information content (AvgIpc) is 3.59. The summed E-state index contributed by atoms with van der Waals surface area (Å²) in [5.74, 6) is 0.741. The molecule has 1 aliphatic carbocycles. The molecule has 1 amide bonds. The highest BCUT2D eigenvalue weighted by atomic mass is 16.5. The standard InChI is InChI=1S/C23H26N2O2/c26-23(19-10-4-8-18-9-5-13-24-22(18)19)25-14-20(16-6-2-1-3-7-16)27-21(15-25)17-11-12-17/h1-4,6-8,10,17,20-21,24H,5,9,11-15H2/t20-,21+/m0/s1. The van der Waals surface area contributed by atoms with E-state index in [9.17, 15) is 4.79 Å². The first-order valence-corrected chi connectivity index (χ1v) is 10.1. The van der Waals surface area contributed by atoms with Crippen LogP contribution in [0.3, 0.4) is 0 Å². The van der Waals surface area contributed by atoms with E-state index in [1.807, 2.05) is 35.2 Å². The van der Waals surface area contributed by atoms with Crippen LogP contribution in [0.2, 0.25) is 0 Å². The molecular formula is C23H26N2O2. The normalized spacial score (nSPS) is 24.8. The maximum atomic E-state index is 13.5. The van der Waals surface area contributed by atoms with Crippen LogP contribution in [-0.4, -0.2) is 36.5 Å². The number of hydrogen-bond acceptors (Lipinski definition) is 3. The van der Waals surface area contributed by atoms with Crippen LogP contribution in [0.5, 0.6) is 0 Å². The number of carbonyl (C=O) groups excluding carboxylic acids is 1. The highest BCUT2D eigenvalue weighted by Crippen LogP contribution is 2.40. The van der Waals surface area contributed by atoms with Gasteiger partial charge in [-0.25, -0.2) is 0 Å². The van der Waals surface area contributed by atoms with Crippen LogP contribution in [0.15, 0.2) is 48.5 Å². The zero-order chi connectivity index (χ0) is 18.2. The van der Waals surface area contributed by atoms with Crippen LogP contribution in [0, 0.1) is 5.92 Å². The monoisotopic (exact) mass is 362 g/mol. The van der Waals surface area contributed by atoms with Crippen molar-refractivity contribution in [3.63, 3.8) is 0 Å². The van der Waals surface area contributed by atoms with E-state index in [-0.39, 0.29) is 18.1 Å². The Labute approximate surface area is 160 Å². The van der Waals surface area contributed by atoms with E-state index < -0.39 is 0 Å². The number of para-hydroxylation sites is 1. The predicted molar refractivity (Wildman–Crippen MR) is 106 cm³/mol. The Morgan fingerprint density at radius 1 is 1.04 bits per heavy atom. The summed E-state index contributed by atoms with van der Waals surface area (Å²) in [4.78, 5) is 15.5. The number of anilines is 1. The molecule has 140 valence electrons. The summed E-state index contributed by atoms with van der Waals surface area (Å²) >= 11 is 0. The minimum atomic E-state index is -0.0398. The number of morpholine rings is 1. The molecule has 0 unspecified atom stereocenters. The van der Waals surface area contributed by atoms with Crippen LogP contribution in [0.25, 0.3) is 0 Å². The predicted octanol–water partition coefficient (Wildman–Crippen LogP) is 4.04. The van der Waals surface area contributed by atoms with Gasteiger partial charge in [0.05, 0.1) is 23.9 Å². The van der Waals surface area contributed by atoms with Gasteiger partial charge in [0.1, 0.15) is 6.10 Å². The van der Waals surface area contributed by atoms with Gasteiger partial charge in [-0.2, -0.15) is 0 Å². The third-order valence-electron chi connectivity index (χ3n) is 6.04. The lowest BCUT2D eigenvalue weighted by molar-refractivity contribution is -0.0863. The number of carbonyl (C=O) groups is 1. The highest BCUT2D eigenvalue weighted by Gasteiger charge is 2.40. The molecule has 27 heavy (non-hydrogen) atoms. The molecule has 2 atom stereocenters. The van der Waals surface area contributed by atoms with E-state index in [1.54, 1.807) is 0 Å². The van der Waals surface area contributed by atoms with E-state index in [0.717, 1.165) is 36.2 Å². The molecule has 0 aromatic heterocycles. The summed E-state index contributed by atoms with van der Waals surface area (Å²) in [7, 11) is 0. The molecule has 0 bridgehead atoms. The zero-order valence-electron chi connectivity index (χ0n) is 15.6. The average molecular weight is 362 g/mol. The van der Waals surface area contributed by atoms with Crippen LogP contribution in [0.4, 0.5) is 5.69 Å². The van der Waals surface area contributed by atoms with Crippen molar-refractivity contribution in [2.45, 2.75) is 37.9 Å². The number of nitrogens with zero attached hydrogens (tertiary/aromatic N) is 1. The van der Waals surface area contributed by atoms with Crippen molar-refractivity contribution < 1.29 is 9.53 Å². The van der Waals surface area contributed by atoms with E-state index in [2.05, 4.69) is 23.5 Å². The second kappa shape index (κ2) is 7.01. The minimum Gasteiger partial charge on any atom is -0.384 e. The SMILES string of the molecule is O=C(c1cccc2c1NCCC2)N1C[C@@H](c2ccccc2)O[C@@H](C2CC2)C1. The minimum absolute atomic E-state index is 0.0398. The quantitative estimate of drug-likeness (QED) is 0.896. The molecular weight excluding hydrogens is 336 g/mol. The van der Waals surface area contributed by atoms with Gasteiger partial charge in [0, 0.05) is 13.1 Å². The van der Waals surface area contributed by atoms with Gasteiger partial charge in [-0.15, -0.1) is 0 Å². The number of rotatable bonds is 3. The molecule has 2 fully saturated rings. The fourth-order valence-electron chi connectivity index (χ4n) is 4.39. The number of benzene rings is 2. The van der Waals surface area contributed by atoms with Crippen molar-refractivity contribution in [3.05, 3.63) is 65.2 Å². The van der Waals surface area contributed by atoms with Crippen LogP contribution in [-0.2, 0) is 11.2 Å². The van der Waals surface area contributed by atoms with E-state index in [0.29, 0.717) is 19.0 Å². The van der Waals surface area contributed by atoms with Gasteiger partial charge < -0.3 is 15.0 Å². The third kappa shape index (κ3) is 3.34. The van der Waals surface area contributed by atoms with Gasteiger partial charge in [0.2, 0.25) is 0 Å². The molecule has 4 nitrogen and oxygen atoms in total. The Morgan fingerprint density at radius 2 is 1.89 bits per heavy atom. The molecule has 4 heteroatoms. The summed E-state index contributed by atoms with van der Waals surface area (Å²) in [5.41, 5.74) is 4.28. The van der Waals surface area contributed by atoms with E-state index in [4.69, 9.17) is 4.74 Å². The topological polar surface area (TPSA) is 41.6 Å². The van der Waals surface area contributed by atoms with Crippen LogP contribution < -0.4 is 5.32 Å². The molecule has 1 N–H and O–H groups in total. The number of ether oxygens (including phenoxy) is 1. The maximum Gasteiger partial charge on any atom is 0.256 e. The maximum absolute atomic E-state index is 13.5. The molecule has 2 heterocycles. The van der Waals surface area contributed by atoms with E-state index >= 15 is 0 Å². The summed E-state index contributed by atoms with van der Waals surface area (Å²) in [6.45, 7) is 2.27. The first kappa shape index (κ1) is 16.8. The van der Waals surface area contributed by atoms with Crippen LogP contribution in [0.1, 0.15) is 46.9 Å². The summed E-state index contributed by atoms with van der Waals surface area (Å²) in [5, 5.41) is 3.46. The van der Waals surface area contributed by atoms with Crippen molar-refractivity contribution in [1.29, 1.82) is 0 Å². The lowest BCUT2D eigenvalue weighted by Crippen LogP contribution is -2.48. The summed E-state index contributed by atoms with van der Waals surface area (Å²) in [6.07, 6.45) is 4.72. The van der Waals surface area contributed by atoms with Gasteiger partial charge in [-0.3, -0.25) is 4.79 Å². The Hall–Kier alpha value is -2.33. The van der Waals surface area contributed by atoms with Gasteiger partial charge in [-0.1, -0.05) is 42.5 Å². The lowest BCUT2D eigenvalue weighted by Gasteiger charge is -2.39. The van der Waals surface area contributed by atoms with Crippen molar-refractivity contribution in [2.24, 2.45) is 5.92 Å².